The molecule has 0 amide bonds. The van der Waals surface area contributed by atoms with Crippen molar-refractivity contribution < 1.29 is 19.6 Å². The summed E-state index contributed by atoms with van der Waals surface area (Å²) in [6.45, 7) is 3.32. The van der Waals surface area contributed by atoms with Gasteiger partial charge in [-0.25, -0.2) is 0 Å². The van der Waals surface area contributed by atoms with Crippen molar-refractivity contribution in [2.24, 2.45) is 0 Å². The summed E-state index contributed by atoms with van der Waals surface area (Å²) >= 11 is 5.31. The maximum atomic E-state index is 12.6. The van der Waals surface area contributed by atoms with E-state index in [1.807, 2.05) is 30.3 Å². The summed E-state index contributed by atoms with van der Waals surface area (Å²) in [4.78, 5) is 23.3. The first-order chi connectivity index (χ1) is 13.8. The third-order valence-electron chi connectivity index (χ3n) is 4.42. The highest BCUT2D eigenvalue weighted by atomic mass is 32.1. The van der Waals surface area contributed by atoms with Crippen molar-refractivity contribution in [3.8, 4) is 11.5 Å². The summed E-state index contributed by atoms with van der Waals surface area (Å²) in [5.74, 6) is -0.828. The van der Waals surface area contributed by atoms with Gasteiger partial charge in [0.05, 0.1) is 23.3 Å². The van der Waals surface area contributed by atoms with Gasteiger partial charge in [-0.1, -0.05) is 30.3 Å². The summed E-state index contributed by atoms with van der Waals surface area (Å²) in [7, 11) is 0. The van der Waals surface area contributed by atoms with Crippen molar-refractivity contribution >= 4 is 34.5 Å². The number of ketones is 1. The van der Waals surface area contributed by atoms with E-state index in [-0.39, 0.29) is 23.3 Å². The lowest BCUT2D eigenvalue weighted by molar-refractivity contribution is -0.386. The highest BCUT2D eigenvalue weighted by Gasteiger charge is 2.33. The Bertz CT molecular complexity index is 1020. The van der Waals surface area contributed by atoms with E-state index in [0.717, 1.165) is 5.56 Å². The Balaban J connectivity index is 2.24. The molecule has 0 aliphatic carbocycles. The number of hydrogen-bond acceptors (Lipinski definition) is 6. The molecular formula is C20H19N3O5S. The zero-order valence-electron chi connectivity index (χ0n) is 15.8. The first-order valence-electron chi connectivity index (χ1n) is 8.85. The number of nitrogens with one attached hydrogen (secondary N) is 2. The molecule has 1 heterocycles. The molecule has 9 heteroatoms. The fraction of sp³-hybridized carbons (Fsp3) is 0.200. The van der Waals surface area contributed by atoms with Gasteiger partial charge in [-0.3, -0.25) is 14.9 Å². The maximum Gasteiger partial charge on any atom is 0.315 e. The molecule has 0 radical (unpaired) electrons. The van der Waals surface area contributed by atoms with Crippen LogP contribution in [0.3, 0.4) is 0 Å². The Morgan fingerprint density at radius 1 is 1.31 bits per heavy atom. The Hall–Kier alpha value is -3.46. The molecule has 150 valence electrons. The van der Waals surface area contributed by atoms with Crippen LogP contribution in [0, 0.1) is 10.1 Å². The number of carbonyl (C=O) groups is 1. The zero-order chi connectivity index (χ0) is 21.1. The molecule has 3 N–H and O–H groups in total. The highest BCUT2D eigenvalue weighted by Crippen LogP contribution is 2.41. The average Bonchev–Trinajstić information content (AvgIpc) is 2.69. The number of nitro benzene ring substituents is 1. The molecule has 0 unspecified atom stereocenters. The van der Waals surface area contributed by atoms with Crippen molar-refractivity contribution in [2.75, 3.05) is 6.61 Å². The number of benzene rings is 2. The van der Waals surface area contributed by atoms with E-state index in [9.17, 15) is 20.0 Å². The number of phenolic OH excluding ortho intramolecular Hbond substituents is 1. The van der Waals surface area contributed by atoms with E-state index in [0.29, 0.717) is 16.8 Å². The molecule has 29 heavy (non-hydrogen) atoms. The lowest BCUT2D eigenvalue weighted by Gasteiger charge is -2.31. The number of aromatic hydroxyl groups is 1. The standard InChI is InChI=1S/C20H19N3O5S/c1-3-28-15-10-13(9-14(19(15)25)23(26)27)18-16(11(2)24)17(21-20(29)22-18)12-7-5-4-6-8-12/h4-10,18,25H,3H2,1-2H3,(H2,21,22,29)/t18-/m0/s1. The lowest BCUT2D eigenvalue weighted by Crippen LogP contribution is -2.44. The second-order valence-electron chi connectivity index (χ2n) is 6.32. The molecule has 1 atom stereocenters. The Morgan fingerprint density at radius 2 is 2.00 bits per heavy atom. The topological polar surface area (TPSA) is 114 Å². The van der Waals surface area contributed by atoms with E-state index in [2.05, 4.69) is 10.6 Å². The summed E-state index contributed by atoms with van der Waals surface area (Å²) < 4.78 is 5.36. The summed E-state index contributed by atoms with van der Waals surface area (Å²) in [6.07, 6.45) is 0. The number of ether oxygens (including phenoxy) is 1. The predicted molar refractivity (Wildman–Crippen MR) is 112 cm³/mol. The van der Waals surface area contributed by atoms with Crippen LogP contribution in [0.4, 0.5) is 5.69 Å². The van der Waals surface area contributed by atoms with Gasteiger partial charge in [0.15, 0.2) is 16.6 Å². The first kappa shape index (κ1) is 20.3. The first-order valence-corrected chi connectivity index (χ1v) is 9.26. The smallest absolute Gasteiger partial charge is 0.315 e. The van der Waals surface area contributed by atoms with Crippen LogP contribution in [0.1, 0.15) is 31.0 Å². The molecule has 0 aromatic heterocycles. The van der Waals surface area contributed by atoms with Crippen LogP contribution in [0.25, 0.3) is 5.70 Å². The molecule has 0 saturated heterocycles. The largest absolute Gasteiger partial charge is 0.500 e. The van der Waals surface area contributed by atoms with E-state index >= 15 is 0 Å². The summed E-state index contributed by atoms with van der Waals surface area (Å²) in [5.41, 5.74) is 1.51. The highest BCUT2D eigenvalue weighted by molar-refractivity contribution is 7.80. The number of phenols is 1. The van der Waals surface area contributed by atoms with E-state index < -0.39 is 22.4 Å². The Labute approximate surface area is 172 Å². The third-order valence-corrected chi connectivity index (χ3v) is 4.64. The second kappa shape index (κ2) is 8.27. The van der Waals surface area contributed by atoms with E-state index in [1.165, 1.54) is 19.1 Å². The maximum absolute atomic E-state index is 12.6. The number of hydrogen-bond donors (Lipinski definition) is 3. The number of nitro groups is 1. The predicted octanol–water partition coefficient (Wildman–Crippen LogP) is 3.22. The third kappa shape index (κ3) is 4.04. The van der Waals surface area contributed by atoms with Crippen LogP contribution in [-0.2, 0) is 4.79 Å². The molecule has 8 nitrogen and oxygen atoms in total. The van der Waals surface area contributed by atoms with Gasteiger partial charge in [-0.05, 0) is 43.3 Å². The molecule has 0 spiro atoms. The lowest BCUT2D eigenvalue weighted by atomic mass is 9.90. The molecule has 1 aliphatic rings. The van der Waals surface area contributed by atoms with Crippen LogP contribution >= 0.6 is 12.2 Å². The van der Waals surface area contributed by atoms with Crippen LogP contribution < -0.4 is 15.4 Å². The minimum absolute atomic E-state index is 0.0351. The van der Waals surface area contributed by atoms with Crippen LogP contribution in [0.15, 0.2) is 48.0 Å². The van der Waals surface area contributed by atoms with Crippen molar-refractivity contribution in [2.45, 2.75) is 19.9 Å². The van der Waals surface area contributed by atoms with Crippen LogP contribution in [0.5, 0.6) is 11.5 Å². The number of nitrogens with zero attached hydrogens (tertiary/aromatic N) is 1. The number of rotatable bonds is 6. The normalized spacial score (nSPS) is 16.1. The van der Waals surface area contributed by atoms with Gasteiger partial charge in [-0.2, -0.15) is 0 Å². The fourth-order valence-corrected chi connectivity index (χ4v) is 3.43. The Kier molecular flexibility index (Phi) is 5.79. The average molecular weight is 413 g/mol. The molecule has 1 aliphatic heterocycles. The van der Waals surface area contributed by atoms with Crippen LogP contribution in [0.2, 0.25) is 0 Å². The summed E-state index contributed by atoms with van der Waals surface area (Å²) in [6, 6.07) is 11.1. The Morgan fingerprint density at radius 3 is 2.59 bits per heavy atom. The minimum Gasteiger partial charge on any atom is -0.500 e. The van der Waals surface area contributed by atoms with Gasteiger partial charge in [0.2, 0.25) is 5.75 Å². The van der Waals surface area contributed by atoms with Gasteiger partial charge in [0.1, 0.15) is 0 Å². The zero-order valence-corrected chi connectivity index (χ0v) is 16.6. The molecule has 0 saturated carbocycles. The van der Waals surface area contributed by atoms with E-state index in [1.54, 1.807) is 6.92 Å². The molecule has 2 aromatic rings. The van der Waals surface area contributed by atoms with E-state index in [4.69, 9.17) is 17.0 Å². The van der Waals surface area contributed by atoms with Gasteiger partial charge >= 0.3 is 5.69 Å². The van der Waals surface area contributed by atoms with Crippen molar-refractivity contribution in [1.82, 2.24) is 10.6 Å². The van der Waals surface area contributed by atoms with Gasteiger partial charge in [0, 0.05) is 11.6 Å². The minimum atomic E-state index is -0.755. The van der Waals surface area contributed by atoms with Gasteiger partial charge < -0.3 is 20.5 Å². The molecule has 0 fully saturated rings. The van der Waals surface area contributed by atoms with Crippen molar-refractivity contribution in [1.29, 1.82) is 0 Å². The SMILES string of the molecule is CCOc1cc([C@@H]2NC(=S)NC(c3ccccc3)=C2C(C)=O)cc([N+](=O)[O-])c1O. The van der Waals surface area contributed by atoms with Crippen LogP contribution in [-0.4, -0.2) is 27.5 Å². The molecule has 0 bridgehead atoms. The monoisotopic (exact) mass is 413 g/mol. The van der Waals surface area contributed by atoms with Crippen molar-refractivity contribution in [3.05, 3.63) is 69.3 Å². The number of Topliss-reactive ketones (excluding diaryl/α,β-unsaturated/α-hetero) is 1. The quantitative estimate of drug-likeness (QED) is 0.376. The molecule has 2 aromatic carbocycles. The number of carbonyl (C=O) groups excluding carboxylic acids is 1. The fourth-order valence-electron chi connectivity index (χ4n) is 3.21. The number of thiocarbonyl (C=S) groups is 1. The van der Waals surface area contributed by atoms with Crippen molar-refractivity contribution in [3.63, 3.8) is 0 Å². The molecule has 3 rings (SSSR count). The van der Waals surface area contributed by atoms with Gasteiger partial charge in [-0.15, -0.1) is 0 Å². The second-order valence-corrected chi connectivity index (χ2v) is 6.73. The summed E-state index contributed by atoms with van der Waals surface area (Å²) in [5, 5.41) is 27.9. The van der Waals surface area contributed by atoms with Gasteiger partial charge in [0.25, 0.3) is 0 Å². The molecular weight excluding hydrogens is 394 g/mol.